The molecule has 2 aromatic carbocycles. The van der Waals surface area contributed by atoms with Crippen molar-refractivity contribution >= 4 is 17.5 Å². The van der Waals surface area contributed by atoms with Crippen LogP contribution in [0.5, 0.6) is 11.5 Å². The van der Waals surface area contributed by atoms with Gasteiger partial charge in [0.15, 0.2) is 11.5 Å². The molecule has 2 aromatic rings. The molecule has 0 fully saturated rings. The van der Waals surface area contributed by atoms with Crippen molar-refractivity contribution in [3.8, 4) is 11.5 Å². The second kappa shape index (κ2) is 7.88. The van der Waals surface area contributed by atoms with Crippen molar-refractivity contribution in [1.29, 1.82) is 0 Å². The molecule has 1 heterocycles. The number of fused-ring (bicyclic) bond motifs is 1. The van der Waals surface area contributed by atoms with E-state index in [-0.39, 0.29) is 18.6 Å². The van der Waals surface area contributed by atoms with Crippen LogP contribution in [-0.2, 0) is 0 Å². The van der Waals surface area contributed by atoms with Gasteiger partial charge in [-0.25, -0.2) is 0 Å². The standard InChI is InChI=1S/C19H21N3O4/c1-22(2)9-8-20-18(23)13-4-3-5-15(10-13)21-19(24)14-6-7-16-17(11-14)26-12-25-16/h3-7,10-11H,8-9,12H2,1-2H3,(H,20,23)(H,21,24). The quantitative estimate of drug-likeness (QED) is 0.828. The molecule has 0 atom stereocenters. The molecular weight excluding hydrogens is 334 g/mol. The third kappa shape index (κ3) is 4.31. The maximum absolute atomic E-state index is 12.4. The molecule has 3 rings (SSSR count). The van der Waals surface area contributed by atoms with Gasteiger partial charge in [0.2, 0.25) is 6.79 Å². The van der Waals surface area contributed by atoms with Gasteiger partial charge in [-0.15, -0.1) is 0 Å². The molecule has 0 bridgehead atoms. The molecule has 2 amide bonds. The monoisotopic (exact) mass is 355 g/mol. The zero-order valence-electron chi connectivity index (χ0n) is 14.7. The first-order valence-corrected chi connectivity index (χ1v) is 8.27. The third-order valence-electron chi connectivity index (χ3n) is 3.86. The van der Waals surface area contributed by atoms with E-state index in [2.05, 4.69) is 10.6 Å². The molecule has 0 saturated carbocycles. The first-order chi connectivity index (χ1) is 12.5. The van der Waals surface area contributed by atoms with Crippen LogP contribution in [0, 0.1) is 0 Å². The third-order valence-corrected chi connectivity index (χ3v) is 3.86. The average molecular weight is 355 g/mol. The van der Waals surface area contributed by atoms with Gasteiger partial charge in [-0.1, -0.05) is 6.07 Å². The van der Waals surface area contributed by atoms with Crippen LogP contribution < -0.4 is 20.1 Å². The fourth-order valence-electron chi connectivity index (χ4n) is 2.47. The number of hydrogen-bond acceptors (Lipinski definition) is 5. The lowest BCUT2D eigenvalue weighted by atomic mass is 10.1. The minimum absolute atomic E-state index is 0.158. The van der Waals surface area contributed by atoms with Crippen LogP contribution in [0.1, 0.15) is 20.7 Å². The van der Waals surface area contributed by atoms with Gasteiger partial charge in [0, 0.05) is 29.9 Å². The number of carbonyl (C=O) groups is 2. The van der Waals surface area contributed by atoms with Gasteiger partial charge in [-0.3, -0.25) is 9.59 Å². The van der Waals surface area contributed by atoms with E-state index in [0.29, 0.717) is 34.9 Å². The fourth-order valence-corrected chi connectivity index (χ4v) is 2.47. The van der Waals surface area contributed by atoms with E-state index < -0.39 is 0 Å². The summed E-state index contributed by atoms with van der Waals surface area (Å²) in [5.74, 6) is 0.712. The lowest BCUT2D eigenvalue weighted by molar-refractivity contribution is 0.0949. The summed E-state index contributed by atoms with van der Waals surface area (Å²) in [4.78, 5) is 26.6. The van der Waals surface area contributed by atoms with Gasteiger partial charge in [-0.05, 0) is 50.5 Å². The summed E-state index contributed by atoms with van der Waals surface area (Å²) >= 11 is 0. The van der Waals surface area contributed by atoms with Gasteiger partial charge in [0.1, 0.15) is 0 Å². The van der Waals surface area contributed by atoms with Crippen molar-refractivity contribution in [2.24, 2.45) is 0 Å². The number of ether oxygens (including phenoxy) is 2. The number of nitrogens with one attached hydrogen (secondary N) is 2. The predicted octanol–water partition coefficient (Wildman–Crippen LogP) is 1.96. The van der Waals surface area contributed by atoms with E-state index in [1.807, 2.05) is 19.0 Å². The van der Waals surface area contributed by atoms with Crippen LogP contribution in [0.2, 0.25) is 0 Å². The van der Waals surface area contributed by atoms with E-state index in [0.717, 1.165) is 6.54 Å². The number of carbonyl (C=O) groups excluding carboxylic acids is 2. The number of likely N-dealkylation sites (N-methyl/N-ethyl adjacent to an activating group) is 1. The molecule has 0 spiro atoms. The predicted molar refractivity (Wildman–Crippen MR) is 97.8 cm³/mol. The zero-order valence-corrected chi connectivity index (χ0v) is 14.7. The SMILES string of the molecule is CN(C)CCNC(=O)c1cccc(NC(=O)c2ccc3c(c2)OCO3)c1. The Morgan fingerprint density at radius 2 is 1.77 bits per heavy atom. The van der Waals surface area contributed by atoms with E-state index in [1.54, 1.807) is 42.5 Å². The normalized spacial score (nSPS) is 12.1. The Morgan fingerprint density at radius 3 is 2.58 bits per heavy atom. The summed E-state index contributed by atoms with van der Waals surface area (Å²) < 4.78 is 10.5. The smallest absolute Gasteiger partial charge is 0.255 e. The van der Waals surface area contributed by atoms with Crippen LogP contribution in [-0.4, -0.2) is 50.7 Å². The number of amides is 2. The first-order valence-electron chi connectivity index (χ1n) is 8.27. The molecule has 136 valence electrons. The maximum atomic E-state index is 12.4. The van der Waals surface area contributed by atoms with Crippen molar-refractivity contribution in [2.45, 2.75) is 0 Å². The van der Waals surface area contributed by atoms with E-state index in [4.69, 9.17) is 9.47 Å². The van der Waals surface area contributed by atoms with Crippen LogP contribution in [0.25, 0.3) is 0 Å². The van der Waals surface area contributed by atoms with Crippen molar-refractivity contribution in [3.05, 3.63) is 53.6 Å². The highest BCUT2D eigenvalue weighted by molar-refractivity contribution is 6.05. The van der Waals surface area contributed by atoms with E-state index >= 15 is 0 Å². The van der Waals surface area contributed by atoms with Gasteiger partial charge < -0.3 is 25.0 Å². The molecule has 0 aromatic heterocycles. The summed E-state index contributed by atoms with van der Waals surface area (Å²) in [6, 6.07) is 11.8. The van der Waals surface area contributed by atoms with Crippen molar-refractivity contribution in [3.63, 3.8) is 0 Å². The summed E-state index contributed by atoms with van der Waals surface area (Å²) in [5, 5.41) is 5.64. The number of rotatable bonds is 6. The number of anilines is 1. The lowest BCUT2D eigenvalue weighted by Crippen LogP contribution is -2.31. The minimum Gasteiger partial charge on any atom is -0.454 e. The summed E-state index contributed by atoms with van der Waals surface area (Å²) in [7, 11) is 3.89. The molecule has 1 aliphatic rings. The molecule has 0 unspecified atom stereocenters. The van der Waals surface area contributed by atoms with Crippen LogP contribution in [0.3, 0.4) is 0 Å². The molecule has 0 saturated heterocycles. The molecule has 0 radical (unpaired) electrons. The molecule has 0 aliphatic carbocycles. The number of benzene rings is 2. The van der Waals surface area contributed by atoms with Gasteiger partial charge in [-0.2, -0.15) is 0 Å². The Kier molecular flexibility index (Phi) is 5.38. The number of nitrogens with zero attached hydrogens (tertiary/aromatic N) is 1. The fraction of sp³-hybridized carbons (Fsp3) is 0.263. The van der Waals surface area contributed by atoms with Crippen LogP contribution in [0.15, 0.2) is 42.5 Å². The first kappa shape index (κ1) is 17.8. The maximum Gasteiger partial charge on any atom is 0.255 e. The Hall–Kier alpha value is -3.06. The highest BCUT2D eigenvalue weighted by Gasteiger charge is 2.16. The second-order valence-corrected chi connectivity index (χ2v) is 6.16. The highest BCUT2D eigenvalue weighted by Crippen LogP contribution is 2.32. The minimum atomic E-state index is -0.284. The summed E-state index contributed by atoms with van der Waals surface area (Å²) in [6.07, 6.45) is 0. The average Bonchev–Trinajstić information content (AvgIpc) is 3.09. The van der Waals surface area contributed by atoms with Crippen molar-refractivity contribution < 1.29 is 19.1 Å². The van der Waals surface area contributed by atoms with E-state index in [9.17, 15) is 9.59 Å². The van der Waals surface area contributed by atoms with E-state index in [1.165, 1.54) is 0 Å². The van der Waals surface area contributed by atoms with Gasteiger partial charge in [0.05, 0.1) is 0 Å². The largest absolute Gasteiger partial charge is 0.454 e. The Bertz CT molecular complexity index is 820. The van der Waals surface area contributed by atoms with Gasteiger partial charge >= 0.3 is 0 Å². The van der Waals surface area contributed by atoms with Crippen LogP contribution in [0.4, 0.5) is 5.69 Å². The Labute approximate surface area is 151 Å². The molecule has 26 heavy (non-hydrogen) atoms. The van der Waals surface area contributed by atoms with Crippen molar-refractivity contribution in [1.82, 2.24) is 10.2 Å². The summed E-state index contributed by atoms with van der Waals surface area (Å²) in [5.41, 5.74) is 1.50. The second-order valence-electron chi connectivity index (χ2n) is 6.16. The van der Waals surface area contributed by atoms with Gasteiger partial charge in [0.25, 0.3) is 11.8 Å². The molecular formula is C19H21N3O4. The Balaban J connectivity index is 1.64. The zero-order chi connectivity index (χ0) is 18.5. The van der Waals surface area contributed by atoms with Crippen LogP contribution >= 0.6 is 0 Å². The number of hydrogen-bond donors (Lipinski definition) is 2. The molecule has 7 nitrogen and oxygen atoms in total. The Morgan fingerprint density at radius 1 is 1.00 bits per heavy atom. The summed E-state index contributed by atoms with van der Waals surface area (Å²) in [6.45, 7) is 1.47. The molecule has 2 N–H and O–H groups in total. The molecule has 7 heteroatoms. The molecule has 1 aliphatic heterocycles. The van der Waals surface area contributed by atoms with Crippen molar-refractivity contribution in [2.75, 3.05) is 39.3 Å². The highest BCUT2D eigenvalue weighted by atomic mass is 16.7. The topological polar surface area (TPSA) is 79.9 Å². The lowest BCUT2D eigenvalue weighted by Gasteiger charge is -2.11.